The van der Waals surface area contributed by atoms with Gasteiger partial charge in [0.05, 0.1) is 0 Å². The van der Waals surface area contributed by atoms with Crippen molar-refractivity contribution >= 4 is 11.8 Å². The Kier molecular flexibility index (Phi) is 2.25. The van der Waals surface area contributed by atoms with Crippen LogP contribution < -0.4 is 0 Å². The molecule has 0 saturated heterocycles. The van der Waals surface area contributed by atoms with Crippen LogP contribution in [0.4, 0.5) is 0 Å². The summed E-state index contributed by atoms with van der Waals surface area (Å²) in [6.45, 7) is 0. The Bertz CT molecular complexity index is 428. The lowest BCUT2D eigenvalue weighted by atomic mass is 10.00. The molecule has 2 atom stereocenters. The van der Waals surface area contributed by atoms with E-state index in [9.17, 15) is 0 Å². The number of thioether (sulfide) groups is 1. The Hall–Kier alpha value is -1.22. The minimum atomic E-state index is 0.588. The number of hydrogen-bond donors (Lipinski definition) is 1. The average molecular weight is 216 g/mol. The van der Waals surface area contributed by atoms with Gasteiger partial charge < -0.3 is 4.98 Å². The molecule has 2 unspecified atom stereocenters. The smallest absolute Gasteiger partial charge is 0.110 e. The molecule has 2 aliphatic rings. The highest BCUT2D eigenvalue weighted by atomic mass is 32.2. The van der Waals surface area contributed by atoms with Crippen LogP contribution in [0.2, 0.25) is 0 Å². The molecule has 2 heterocycles. The van der Waals surface area contributed by atoms with Crippen LogP contribution in [0.3, 0.4) is 0 Å². The van der Waals surface area contributed by atoms with Gasteiger partial charge in [-0.2, -0.15) is 0 Å². The number of aromatic amines is 1. The Morgan fingerprint density at radius 1 is 1.33 bits per heavy atom. The monoisotopic (exact) mass is 216 g/mol. The van der Waals surface area contributed by atoms with E-state index in [1.807, 2.05) is 24.2 Å². The molecule has 1 N–H and O–H groups in total. The Labute approximate surface area is 93.2 Å². The maximum atomic E-state index is 4.25. The number of nitrogens with zero attached hydrogens (tertiary/aromatic N) is 1. The fraction of sp³-hybridized carbons (Fsp3) is 0.250. The molecule has 3 heteroatoms. The number of fused-ring (bicyclic) bond motifs is 1. The normalized spacial score (nSPS) is 27.9. The van der Waals surface area contributed by atoms with E-state index in [1.165, 1.54) is 4.91 Å². The number of hydrogen-bond acceptors (Lipinski definition) is 2. The van der Waals surface area contributed by atoms with Gasteiger partial charge in [-0.15, -0.1) is 11.8 Å². The van der Waals surface area contributed by atoms with Gasteiger partial charge in [0.15, 0.2) is 0 Å². The summed E-state index contributed by atoms with van der Waals surface area (Å²) in [7, 11) is 0. The fourth-order valence-electron chi connectivity index (χ4n) is 1.96. The highest BCUT2D eigenvalue weighted by Crippen LogP contribution is 2.40. The molecule has 0 spiro atoms. The van der Waals surface area contributed by atoms with Crippen molar-refractivity contribution in [2.45, 2.75) is 11.7 Å². The third-order valence-corrected chi connectivity index (χ3v) is 4.01. The second kappa shape index (κ2) is 3.74. The largest absolute Gasteiger partial charge is 0.348 e. The molecule has 2 nitrogen and oxygen atoms in total. The number of nitrogens with one attached hydrogen (secondary N) is 1. The summed E-state index contributed by atoms with van der Waals surface area (Å²) in [6, 6.07) is 0. The molecule has 0 radical (unpaired) electrons. The van der Waals surface area contributed by atoms with Gasteiger partial charge in [0.2, 0.25) is 0 Å². The van der Waals surface area contributed by atoms with Crippen LogP contribution in [-0.4, -0.2) is 15.2 Å². The molecule has 0 aromatic carbocycles. The molecule has 1 aromatic rings. The van der Waals surface area contributed by atoms with Gasteiger partial charge in [0.25, 0.3) is 0 Å². The number of aromatic nitrogens is 2. The van der Waals surface area contributed by atoms with Gasteiger partial charge in [0.1, 0.15) is 5.82 Å². The molecule has 76 valence electrons. The zero-order chi connectivity index (χ0) is 10.1. The summed E-state index contributed by atoms with van der Waals surface area (Å²) in [4.78, 5) is 8.82. The zero-order valence-electron chi connectivity index (χ0n) is 8.26. The SMILES string of the molecule is C1=CC2C=C(Cc3ncc[nH]3)SC2C=C1. The Balaban J connectivity index is 1.74. The number of rotatable bonds is 2. The Morgan fingerprint density at radius 3 is 3.07 bits per heavy atom. The van der Waals surface area contributed by atoms with E-state index in [1.54, 1.807) is 0 Å². The minimum Gasteiger partial charge on any atom is -0.348 e. The van der Waals surface area contributed by atoms with Gasteiger partial charge in [-0.05, 0) is 4.91 Å². The van der Waals surface area contributed by atoms with Crippen molar-refractivity contribution in [2.75, 3.05) is 0 Å². The van der Waals surface area contributed by atoms with Gasteiger partial charge in [-0.3, -0.25) is 0 Å². The van der Waals surface area contributed by atoms with Gasteiger partial charge >= 0.3 is 0 Å². The van der Waals surface area contributed by atoms with Crippen molar-refractivity contribution < 1.29 is 0 Å². The van der Waals surface area contributed by atoms with E-state index in [4.69, 9.17) is 0 Å². The summed E-state index contributed by atoms with van der Waals surface area (Å²) < 4.78 is 0. The van der Waals surface area contributed by atoms with Gasteiger partial charge in [-0.1, -0.05) is 30.4 Å². The van der Waals surface area contributed by atoms with Crippen molar-refractivity contribution in [1.29, 1.82) is 0 Å². The predicted octanol–water partition coefficient (Wildman–Crippen LogP) is 2.69. The summed E-state index contributed by atoms with van der Waals surface area (Å²) in [5, 5.41) is 0.611. The van der Waals surface area contributed by atoms with E-state index < -0.39 is 0 Å². The Morgan fingerprint density at radius 2 is 2.27 bits per heavy atom. The second-order valence-corrected chi connectivity index (χ2v) is 5.08. The standard InChI is InChI=1S/C12H12N2S/c1-2-4-11-9(3-1)7-10(15-11)8-12-13-5-6-14-12/h1-7,9,11H,8H2,(H,13,14). The highest BCUT2D eigenvalue weighted by molar-refractivity contribution is 8.04. The van der Waals surface area contributed by atoms with Crippen molar-refractivity contribution in [3.8, 4) is 0 Å². The van der Waals surface area contributed by atoms with Crippen molar-refractivity contribution in [3.05, 3.63) is 53.5 Å². The van der Waals surface area contributed by atoms with E-state index in [-0.39, 0.29) is 0 Å². The lowest BCUT2D eigenvalue weighted by Crippen LogP contribution is -2.07. The first-order valence-corrected chi connectivity index (χ1v) is 6.00. The van der Waals surface area contributed by atoms with E-state index in [0.29, 0.717) is 11.2 Å². The fourth-order valence-corrected chi connectivity index (χ4v) is 3.26. The van der Waals surface area contributed by atoms with E-state index >= 15 is 0 Å². The maximum Gasteiger partial charge on any atom is 0.110 e. The number of allylic oxidation sites excluding steroid dienone is 5. The molecule has 1 aliphatic carbocycles. The highest BCUT2D eigenvalue weighted by Gasteiger charge is 2.25. The molecule has 0 fully saturated rings. The topological polar surface area (TPSA) is 28.7 Å². The van der Waals surface area contributed by atoms with Crippen LogP contribution >= 0.6 is 11.8 Å². The van der Waals surface area contributed by atoms with Crippen molar-refractivity contribution in [1.82, 2.24) is 9.97 Å². The van der Waals surface area contributed by atoms with E-state index in [0.717, 1.165) is 12.2 Å². The summed E-state index contributed by atoms with van der Waals surface area (Å²) in [6.07, 6.45) is 15.8. The quantitative estimate of drug-likeness (QED) is 0.823. The first-order valence-electron chi connectivity index (χ1n) is 5.12. The first kappa shape index (κ1) is 9.04. The third kappa shape index (κ3) is 1.79. The molecule has 1 aromatic heterocycles. The summed E-state index contributed by atoms with van der Waals surface area (Å²) in [5.41, 5.74) is 0. The van der Waals surface area contributed by atoms with Crippen LogP contribution in [0.5, 0.6) is 0 Å². The molecular formula is C12H12N2S. The summed E-state index contributed by atoms with van der Waals surface area (Å²) >= 11 is 1.96. The number of H-pyrrole nitrogens is 1. The third-order valence-electron chi connectivity index (χ3n) is 2.69. The zero-order valence-corrected chi connectivity index (χ0v) is 9.08. The molecule has 1 aliphatic heterocycles. The van der Waals surface area contributed by atoms with Crippen LogP contribution in [-0.2, 0) is 6.42 Å². The second-order valence-electron chi connectivity index (χ2n) is 3.78. The van der Waals surface area contributed by atoms with Crippen LogP contribution in [0, 0.1) is 5.92 Å². The maximum absolute atomic E-state index is 4.25. The number of imidazole rings is 1. The van der Waals surface area contributed by atoms with Crippen LogP contribution in [0.25, 0.3) is 0 Å². The molecule has 0 saturated carbocycles. The van der Waals surface area contributed by atoms with E-state index in [2.05, 4.69) is 40.3 Å². The van der Waals surface area contributed by atoms with Crippen molar-refractivity contribution in [2.24, 2.45) is 5.92 Å². The summed E-state index contributed by atoms with van der Waals surface area (Å²) in [5.74, 6) is 1.64. The minimum absolute atomic E-state index is 0.588. The molecule has 0 amide bonds. The van der Waals surface area contributed by atoms with Gasteiger partial charge in [-0.25, -0.2) is 4.98 Å². The average Bonchev–Trinajstić information content (AvgIpc) is 2.86. The van der Waals surface area contributed by atoms with Crippen molar-refractivity contribution in [3.63, 3.8) is 0 Å². The molecular weight excluding hydrogens is 204 g/mol. The van der Waals surface area contributed by atoms with Crippen LogP contribution in [0.1, 0.15) is 5.82 Å². The molecule has 15 heavy (non-hydrogen) atoms. The molecule has 3 rings (SSSR count). The predicted molar refractivity (Wildman–Crippen MR) is 63.5 cm³/mol. The lowest BCUT2D eigenvalue weighted by Gasteiger charge is -2.12. The van der Waals surface area contributed by atoms with Gasteiger partial charge in [0, 0.05) is 30.0 Å². The first-order chi connectivity index (χ1) is 7.42. The lowest BCUT2D eigenvalue weighted by molar-refractivity contribution is 0.853. The molecule has 0 bridgehead atoms. The van der Waals surface area contributed by atoms with Crippen LogP contribution in [0.15, 0.2) is 47.7 Å².